The molecule has 0 aromatic heterocycles. The van der Waals surface area contributed by atoms with E-state index in [0.29, 0.717) is 6.54 Å². The second kappa shape index (κ2) is 9.70. The Balaban J connectivity index is 1.72. The van der Waals surface area contributed by atoms with Gasteiger partial charge in [0.2, 0.25) is 5.91 Å². The second-order valence-corrected chi connectivity index (χ2v) is 8.19. The summed E-state index contributed by atoms with van der Waals surface area (Å²) in [4.78, 5) is 17.3. The van der Waals surface area contributed by atoms with E-state index in [1.807, 2.05) is 62.3 Å². The molecule has 0 aliphatic carbocycles. The van der Waals surface area contributed by atoms with Crippen LogP contribution in [0.5, 0.6) is 0 Å². The van der Waals surface area contributed by atoms with Crippen LogP contribution in [-0.2, 0) is 4.79 Å². The number of carbonyl (C=O) groups excluding carboxylic acids is 1. The van der Waals surface area contributed by atoms with Crippen LogP contribution in [0.2, 0.25) is 5.02 Å². The van der Waals surface area contributed by atoms with E-state index in [2.05, 4.69) is 10.2 Å². The number of hydrogen-bond acceptors (Lipinski definition) is 3. The van der Waals surface area contributed by atoms with Crippen molar-refractivity contribution in [2.24, 2.45) is 5.92 Å². The zero-order valence-electron chi connectivity index (χ0n) is 17.2. The number of hydrogen-bond donors (Lipinski definition) is 1. The first kappa shape index (κ1) is 21.8. The summed E-state index contributed by atoms with van der Waals surface area (Å²) in [6.45, 7) is 4.28. The Morgan fingerprint density at radius 1 is 1.31 bits per heavy atom. The van der Waals surface area contributed by atoms with Crippen molar-refractivity contribution in [2.45, 2.75) is 25.4 Å². The Morgan fingerprint density at radius 3 is 2.69 bits per heavy atom. The maximum atomic E-state index is 14.0. The first-order valence-corrected chi connectivity index (χ1v) is 10.5. The Hall–Kier alpha value is -1.95. The van der Waals surface area contributed by atoms with Gasteiger partial charge >= 0.3 is 0 Å². The molecule has 2 aromatic rings. The van der Waals surface area contributed by atoms with Gasteiger partial charge in [-0.05, 0) is 62.8 Å². The van der Waals surface area contributed by atoms with Gasteiger partial charge in [0.25, 0.3) is 0 Å². The fourth-order valence-corrected chi connectivity index (χ4v) is 4.33. The fourth-order valence-electron chi connectivity index (χ4n) is 4.22. The lowest BCUT2D eigenvalue weighted by atomic mass is 9.93. The molecule has 3 atom stereocenters. The van der Waals surface area contributed by atoms with Crippen LogP contribution >= 0.6 is 11.6 Å². The van der Waals surface area contributed by atoms with Gasteiger partial charge in [-0.3, -0.25) is 14.6 Å². The van der Waals surface area contributed by atoms with E-state index < -0.39 is 5.82 Å². The molecule has 1 N–H and O–H groups in total. The Kier molecular flexibility index (Phi) is 7.28. The minimum atomic E-state index is -0.402. The van der Waals surface area contributed by atoms with Crippen molar-refractivity contribution in [3.63, 3.8) is 0 Å². The molecular formula is C23H29ClFN3O. The van der Waals surface area contributed by atoms with Gasteiger partial charge in [-0.25, -0.2) is 4.39 Å². The quantitative estimate of drug-likeness (QED) is 0.730. The normalized spacial score (nSPS) is 20.8. The van der Waals surface area contributed by atoms with Crippen LogP contribution in [-0.4, -0.2) is 49.4 Å². The minimum Gasteiger partial charge on any atom is -0.354 e. The van der Waals surface area contributed by atoms with Gasteiger partial charge in [-0.1, -0.05) is 54.9 Å². The minimum absolute atomic E-state index is 0.00357. The molecular weight excluding hydrogens is 389 g/mol. The molecule has 0 radical (unpaired) electrons. The van der Waals surface area contributed by atoms with Crippen LogP contribution in [0, 0.1) is 11.7 Å². The van der Waals surface area contributed by atoms with Crippen molar-refractivity contribution < 1.29 is 9.18 Å². The van der Waals surface area contributed by atoms with Gasteiger partial charge in [0.05, 0.1) is 5.02 Å². The lowest BCUT2D eigenvalue weighted by Crippen LogP contribution is -2.41. The van der Waals surface area contributed by atoms with Crippen molar-refractivity contribution in [1.82, 2.24) is 15.1 Å². The number of nitrogens with one attached hydrogen (secondary N) is 1. The monoisotopic (exact) mass is 417 g/mol. The van der Waals surface area contributed by atoms with Gasteiger partial charge in [0.1, 0.15) is 11.9 Å². The van der Waals surface area contributed by atoms with Gasteiger partial charge in [-0.2, -0.15) is 0 Å². The molecule has 1 saturated heterocycles. The van der Waals surface area contributed by atoms with E-state index in [1.165, 1.54) is 6.07 Å². The standard InChI is InChI=1S/C23H29ClFN3O/c1-4-27(2)22(16-8-6-5-7-9-16)23(29)26-15-18-12-13-28(3)21(18)17-10-11-19(24)20(25)14-17/h5-11,14,18,21-22H,4,12-13,15H2,1-3H3,(H,26,29)/t18-,21+,22-/m0/s1. The molecule has 2 aromatic carbocycles. The summed E-state index contributed by atoms with van der Waals surface area (Å²) in [5.74, 6) is -0.190. The average molecular weight is 418 g/mol. The predicted molar refractivity (Wildman–Crippen MR) is 115 cm³/mol. The zero-order chi connectivity index (χ0) is 21.0. The first-order valence-electron chi connectivity index (χ1n) is 10.1. The smallest absolute Gasteiger partial charge is 0.241 e. The molecule has 6 heteroatoms. The maximum absolute atomic E-state index is 14.0. The molecule has 29 heavy (non-hydrogen) atoms. The number of likely N-dealkylation sites (tertiary alicyclic amines) is 1. The van der Waals surface area contributed by atoms with Crippen molar-refractivity contribution >= 4 is 17.5 Å². The van der Waals surface area contributed by atoms with Gasteiger partial charge in [0.15, 0.2) is 0 Å². The number of benzene rings is 2. The molecule has 0 spiro atoms. The lowest BCUT2D eigenvalue weighted by Gasteiger charge is -2.29. The molecule has 1 fully saturated rings. The van der Waals surface area contributed by atoms with Crippen LogP contribution in [0.4, 0.5) is 4.39 Å². The van der Waals surface area contributed by atoms with Crippen LogP contribution in [0.25, 0.3) is 0 Å². The topological polar surface area (TPSA) is 35.6 Å². The van der Waals surface area contributed by atoms with Crippen LogP contribution in [0.3, 0.4) is 0 Å². The maximum Gasteiger partial charge on any atom is 0.241 e. The van der Waals surface area contributed by atoms with E-state index in [0.717, 1.165) is 30.6 Å². The summed E-state index contributed by atoms with van der Waals surface area (Å²) >= 11 is 5.85. The Labute approximate surface area is 177 Å². The molecule has 0 saturated carbocycles. The predicted octanol–water partition coefficient (Wildman–Crippen LogP) is 4.28. The van der Waals surface area contributed by atoms with E-state index in [1.54, 1.807) is 6.07 Å². The highest BCUT2D eigenvalue weighted by Crippen LogP contribution is 2.36. The molecule has 1 aliphatic rings. The third-order valence-electron chi connectivity index (χ3n) is 5.90. The zero-order valence-corrected chi connectivity index (χ0v) is 18.0. The highest BCUT2D eigenvalue weighted by Gasteiger charge is 2.34. The number of likely N-dealkylation sites (N-methyl/N-ethyl adjacent to an activating group) is 1. The molecule has 4 nitrogen and oxygen atoms in total. The van der Waals surface area contributed by atoms with Crippen molar-refractivity contribution in [2.75, 3.05) is 33.7 Å². The third-order valence-corrected chi connectivity index (χ3v) is 6.21. The average Bonchev–Trinajstić information content (AvgIpc) is 3.09. The molecule has 3 rings (SSSR count). The van der Waals surface area contributed by atoms with E-state index in [9.17, 15) is 9.18 Å². The summed E-state index contributed by atoms with van der Waals surface area (Å²) in [5, 5.41) is 3.29. The molecule has 1 heterocycles. The molecule has 1 aliphatic heterocycles. The number of halogens is 2. The van der Waals surface area contributed by atoms with E-state index in [-0.39, 0.29) is 28.9 Å². The summed E-state index contributed by atoms with van der Waals surface area (Å²) in [6.07, 6.45) is 0.950. The van der Waals surface area contributed by atoms with E-state index >= 15 is 0 Å². The molecule has 0 bridgehead atoms. The number of amides is 1. The van der Waals surface area contributed by atoms with Crippen molar-refractivity contribution in [3.05, 3.63) is 70.5 Å². The third kappa shape index (κ3) is 4.97. The van der Waals surface area contributed by atoms with Crippen molar-refractivity contribution in [1.29, 1.82) is 0 Å². The van der Waals surface area contributed by atoms with Crippen LogP contribution < -0.4 is 5.32 Å². The van der Waals surface area contributed by atoms with E-state index in [4.69, 9.17) is 11.6 Å². The Morgan fingerprint density at radius 2 is 2.03 bits per heavy atom. The number of rotatable bonds is 7. The molecule has 0 unspecified atom stereocenters. The fraction of sp³-hybridized carbons (Fsp3) is 0.435. The highest BCUT2D eigenvalue weighted by molar-refractivity contribution is 6.30. The summed E-state index contributed by atoms with van der Waals surface area (Å²) in [6, 6.07) is 14.6. The highest BCUT2D eigenvalue weighted by atomic mass is 35.5. The Bertz CT molecular complexity index is 832. The summed E-state index contributed by atoms with van der Waals surface area (Å²) in [5.41, 5.74) is 1.88. The van der Waals surface area contributed by atoms with Gasteiger partial charge < -0.3 is 5.32 Å². The molecule has 156 valence electrons. The second-order valence-electron chi connectivity index (χ2n) is 7.78. The van der Waals surface area contributed by atoms with Crippen LogP contribution in [0.15, 0.2) is 48.5 Å². The summed E-state index contributed by atoms with van der Waals surface area (Å²) in [7, 11) is 4.00. The van der Waals surface area contributed by atoms with Gasteiger partial charge in [0, 0.05) is 12.6 Å². The first-order chi connectivity index (χ1) is 13.9. The molecule has 1 amide bonds. The number of carbonyl (C=O) groups is 1. The van der Waals surface area contributed by atoms with Gasteiger partial charge in [-0.15, -0.1) is 0 Å². The summed E-state index contributed by atoms with van der Waals surface area (Å²) < 4.78 is 14.0. The largest absolute Gasteiger partial charge is 0.354 e. The van der Waals surface area contributed by atoms with Crippen molar-refractivity contribution in [3.8, 4) is 0 Å². The lowest BCUT2D eigenvalue weighted by molar-refractivity contribution is -0.126. The SMILES string of the molecule is CCN(C)[C@H](C(=O)NC[C@@H]1CCN(C)[C@@H]1c1ccc(Cl)c(F)c1)c1ccccc1. The van der Waals surface area contributed by atoms with Crippen LogP contribution in [0.1, 0.15) is 36.6 Å². The number of nitrogens with zero attached hydrogens (tertiary/aromatic N) is 2.